The Morgan fingerprint density at radius 2 is 1.14 bits per heavy atom. The summed E-state index contributed by atoms with van der Waals surface area (Å²) < 4.78 is 32.6. The molecule has 57 heavy (non-hydrogen) atoms. The Hall–Kier alpha value is -7.14. The lowest BCUT2D eigenvalue weighted by Crippen LogP contribution is -2.43. The number of nitriles is 1. The maximum absolute atomic E-state index is 13.9. The molecule has 0 radical (unpaired) electrons. The molecule has 272 valence electrons. The number of nitrogens with zero attached hydrogens (tertiary/aromatic N) is 4. The topological polar surface area (TPSA) is 71.0 Å². The van der Waals surface area contributed by atoms with E-state index >= 15 is 0 Å². The van der Waals surface area contributed by atoms with Crippen molar-refractivity contribution in [2.45, 2.75) is 28.2 Å². The normalized spacial score (nSPS) is 17.1. The molecule has 0 saturated carbocycles. The Kier molecular flexibility index (Phi) is 7.10. The number of fused-ring (bicyclic) bond motifs is 11. The van der Waals surface area contributed by atoms with Crippen LogP contribution in [0.15, 0.2) is 186 Å². The monoisotopic (exact) mass is 754 g/mol. The average Bonchev–Trinajstić information content (AvgIpc) is 3.87. The maximum atomic E-state index is 13.9. The van der Waals surface area contributed by atoms with Gasteiger partial charge in [-0.15, -0.1) is 0 Å². The minimum Gasteiger partial charge on any atom is -0.329 e. The summed E-state index contributed by atoms with van der Waals surface area (Å²) in [5, 5.41) is 12.8. The summed E-state index contributed by atoms with van der Waals surface area (Å²) in [5.41, 5.74) is 11.0. The first kappa shape index (κ1) is 33.2. The first-order chi connectivity index (χ1) is 27.9. The molecule has 0 N–H and O–H groups in total. The van der Waals surface area contributed by atoms with Crippen LogP contribution in [0.4, 0.5) is 11.4 Å². The third-order valence-electron chi connectivity index (χ3n) is 12.0. The summed E-state index contributed by atoms with van der Waals surface area (Å²) in [7, 11) is -3.83. The second-order valence-electron chi connectivity index (χ2n) is 15.0. The van der Waals surface area contributed by atoms with E-state index in [0.29, 0.717) is 5.56 Å². The van der Waals surface area contributed by atoms with Crippen molar-refractivity contribution >= 4 is 60.0 Å². The number of hydrogen-bond acceptors (Lipinski definition) is 4. The number of hydrogen-bond donors (Lipinski definition) is 0. The van der Waals surface area contributed by atoms with E-state index in [9.17, 15) is 13.7 Å². The van der Waals surface area contributed by atoms with E-state index in [1.807, 2.05) is 18.2 Å². The van der Waals surface area contributed by atoms with Gasteiger partial charge in [0.2, 0.25) is 9.84 Å². The second kappa shape index (κ2) is 12.2. The Morgan fingerprint density at radius 1 is 0.579 bits per heavy atom. The van der Waals surface area contributed by atoms with Gasteiger partial charge in [0, 0.05) is 39.1 Å². The van der Waals surface area contributed by atoms with Crippen molar-refractivity contribution in [1.82, 2.24) is 9.13 Å². The molecule has 0 amide bonds. The van der Waals surface area contributed by atoms with Crippen LogP contribution in [0.5, 0.6) is 0 Å². The molecule has 9 aromatic rings. The molecule has 0 bridgehead atoms. The SMILES string of the molecule is CC12C=Cc3c(c4ccccc4n3-c3ccccc3)C1c1ccc3c4ccccc4n(-c4ccccc4)c3c1N2c1ccc(S(=O)(=O)c2ccc(C#N)cc2)cc1. The lowest BCUT2D eigenvalue weighted by molar-refractivity contribution is 0.533. The molecule has 0 fully saturated rings. The van der Waals surface area contributed by atoms with Gasteiger partial charge in [-0.25, -0.2) is 8.42 Å². The van der Waals surface area contributed by atoms with E-state index in [2.05, 4.69) is 154 Å². The van der Waals surface area contributed by atoms with Gasteiger partial charge in [0.25, 0.3) is 0 Å². The number of aromatic nitrogens is 2. The highest BCUT2D eigenvalue weighted by Gasteiger charge is 2.52. The Balaban J connectivity index is 1.20. The quantitative estimate of drug-likeness (QED) is 0.175. The highest BCUT2D eigenvalue weighted by atomic mass is 32.2. The largest absolute Gasteiger partial charge is 0.329 e. The average molecular weight is 755 g/mol. The predicted molar refractivity (Wildman–Crippen MR) is 229 cm³/mol. The van der Waals surface area contributed by atoms with E-state index < -0.39 is 15.4 Å². The summed E-state index contributed by atoms with van der Waals surface area (Å²) in [6.45, 7) is 2.31. The fourth-order valence-electron chi connectivity index (χ4n) is 9.55. The van der Waals surface area contributed by atoms with E-state index in [1.165, 1.54) is 34.0 Å². The molecule has 3 heterocycles. The molecule has 7 aromatic carbocycles. The minimum absolute atomic E-state index is 0.0731. The van der Waals surface area contributed by atoms with Gasteiger partial charge in [-0.05, 0) is 109 Å². The smallest absolute Gasteiger partial charge is 0.206 e. The van der Waals surface area contributed by atoms with Gasteiger partial charge in [0.05, 0.1) is 54.9 Å². The Bertz CT molecular complexity index is 3270. The summed E-state index contributed by atoms with van der Waals surface area (Å²) in [6.07, 6.45) is 4.63. The van der Waals surface area contributed by atoms with Gasteiger partial charge in [-0.3, -0.25) is 0 Å². The Morgan fingerprint density at radius 3 is 1.79 bits per heavy atom. The molecular weight excluding hydrogens is 721 g/mol. The first-order valence-electron chi connectivity index (χ1n) is 19.0. The standard InChI is InChI=1S/C50H34N4O2S/c1-50-31-30-45-46(41-17-9-11-19-44(41)52(45)34-12-4-2-5-13-34)47(50)42-29-28-40-39-16-8-10-18-43(39)53(35-14-6-3-7-15-35)48(40)49(42)54(50)36-22-26-38(27-23-36)57(55,56)37-24-20-33(32-51)21-25-37/h2-31,47H,1H3. The Labute approximate surface area is 330 Å². The minimum atomic E-state index is -3.83. The van der Waals surface area contributed by atoms with Crippen LogP contribution in [0, 0.1) is 11.3 Å². The highest BCUT2D eigenvalue weighted by Crippen LogP contribution is 2.61. The van der Waals surface area contributed by atoms with Gasteiger partial charge in [0.1, 0.15) is 0 Å². The van der Waals surface area contributed by atoms with Crippen molar-refractivity contribution in [3.63, 3.8) is 0 Å². The molecule has 6 nitrogen and oxygen atoms in total. The maximum Gasteiger partial charge on any atom is 0.206 e. The van der Waals surface area contributed by atoms with Crippen LogP contribution in [0.2, 0.25) is 0 Å². The van der Waals surface area contributed by atoms with E-state index in [-0.39, 0.29) is 15.7 Å². The van der Waals surface area contributed by atoms with Crippen molar-refractivity contribution in [1.29, 1.82) is 5.26 Å². The molecule has 1 aliphatic heterocycles. The molecule has 2 aromatic heterocycles. The molecule has 11 rings (SSSR count). The number of sulfone groups is 1. The van der Waals surface area contributed by atoms with Crippen LogP contribution in [-0.2, 0) is 9.84 Å². The summed E-state index contributed by atoms with van der Waals surface area (Å²) in [4.78, 5) is 2.79. The zero-order valence-electron chi connectivity index (χ0n) is 30.9. The fraction of sp³-hybridized carbons (Fsp3) is 0.0600. The van der Waals surface area contributed by atoms with Crippen LogP contribution < -0.4 is 4.90 Å². The van der Waals surface area contributed by atoms with Crippen LogP contribution in [0.3, 0.4) is 0 Å². The molecular formula is C50H34N4O2S. The second-order valence-corrected chi connectivity index (χ2v) is 17.0. The number of anilines is 2. The first-order valence-corrected chi connectivity index (χ1v) is 20.5. The van der Waals surface area contributed by atoms with Gasteiger partial charge < -0.3 is 14.0 Å². The summed E-state index contributed by atoms with van der Waals surface area (Å²) in [6, 6.07) is 58.5. The van der Waals surface area contributed by atoms with Crippen LogP contribution in [-0.4, -0.2) is 23.1 Å². The summed E-state index contributed by atoms with van der Waals surface area (Å²) >= 11 is 0. The summed E-state index contributed by atoms with van der Waals surface area (Å²) in [5.74, 6) is -0.0731. The molecule has 1 aliphatic carbocycles. The molecule has 7 heteroatoms. The van der Waals surface area contributed by atoms with Crippen molar-refractivity contribution in [2.24, 2.45) is 0 Å². The van der Waals surface area contributed by atoms with Crippen molar-refractivity contribution in [2.75, 3.05) is 4.90 Å². The van der Waals surface area contributed by atoms with E-state index in [4.69, 9.17) is 0 Å². The highest BCUT2D eigenvalue weighted by molar-refractivity contribution is 7.91. The number of para-hydroxylation sites is 4. The van der Waals surface area contributed by atoms with Crippen LogP contribution in [0.25, 0.3) is 50.2 Å². The molecule has 0 saturated heterocycles. The van der Waals surface area contributed by atoms with Crippen molar-refractivity contribution in [3.05, 3.63) is 198 Å². The van der Waals surface area contributed by atoms with Gasteiger partial charge >= 0.3 is 0 Å². The molecule has 2 aliphatic rings. The van der Waals surface area contributed by atoms with Crippen molar-refractivity contribution in [3.8, 4) is 17.4 Å². The fourth-order valence-corrected chi connectivity index (χ4v) is 10.8. The van der Waals surface area contributed by atoms with Crippen molar-refractivity contribution < 1.29 is 8.42 Å². The number of benzene rings is 7. The van der Waals surface area contributed by atoms with Gasteiger partial charge in [0.15, 0.2) is 0 Å². The zero-order chi connectivity index (χ0) is 38.5. The van der Waals surface area contributed by atoms with Crippen LogP contribution >= 0.6 is 0 Å². The zero-order valence-corrected chi connectivity index (χ0v) is 31.7. The molecule has 0 spiro atoms. The third kappa shape index (κ3) is 4.65. The lowest BCUT2D eigenvalue weighted by atomic mass is 9.74. The van der Waals surface area contributed by atoms with E-state index in [1.54, 1.807) is 24.3 Å². The predicted octanol–water partition coefficient (Wildman–Crippen LogP) is 11.5. The van der Waals surface area contributed by atoms with Gasteiger partial charge in [-0.1, -0.05) is 91.0 Å². The molecule has 2 unspecified atom stereocenters. The molecule has 2 atom stereocenters. The van der Waals surface area contributed by atoms with Gasteiger partial charge in [-0.2, -0.15) is 5.26 Å². The third-order valence-corrected chi connectivity index (χ3v) is 13.8. The van der Waals surface area contributed by atoms with E-state index in [0.717, 1.165) is 50.4 Å². The number of rotatable bonds is 5. The van der Waals surface area contributed by atoms with Crippen LogP contribution in [0.1, 0.15) is 35.2 Å². The lowest BCUT2D eigenvalue weighted by Gasteiger charge is -2.41.